The fraction of sp³-hybridized carbons (Fsp3) is 0.0645. The highest BCUT2D eigenvalue weighted by molar-refractivity contribution is 5.95. The minimum atomic E-state index is -0.316. The summed E-state index contributed by atoms with van der Waals surface area (Å²) in [5.74, 6) is 0.871. The zero-order valence-electron chi connectivity index (χ0n) is 21.4. The van der Waals surface area contributed by atoms with Crippen LogP contribution in [0, 0.1) is 12.7 Å². The SMILES string of the molecule is Cc1cc(F)cc(-c2nccc3[nH]c(-c4n[nH]c5ccc(-c6cncc(OCc7ccccc7)c6)nc45)nc23)c1. The number of imidazole rings is 1. The standard InChI is InChI=1S/C31H22FN7O/c1-18-11-20(13-22(32)12-18)27-28-25(9-10-34-27)36-31(37-28)30-29-26(38-39-30)8-7-24(35-29)21-14-23(16-33-15-21)40-17-19-5-3-2-4-6-19/h2-16H,17H2,1H3,(H,36,37)(H,38,39). The van der Waals surface area contributed by atoms with Crippen molar-refractivity contribution in [2.75, 3.05) is 0 Å². The Morgan fingerprint density at radius 2 is 1.70 bits per heavy atom. The second kappa shape index (κ2) is 9.70. The number of aromatic nitrogens is 7. The van der Waals surface area contributed by atoms with Crippen LogP contribution in [0.25, 0.3) is 56.1 Å². The summed E-state index contributed by atoms with van der Waals surface area (Å²) in [4.78, 5) is 21.9. The average Bonchev–Trinajstić information content (AvgIpc) is 3.60. The van der Waals surface area contributed by atoms with Crippen molar-refractivity contribution in [3.05, 3.63) is 108 Å². The number of aromatic amines is 2. The molecule has 40 heavy (non-hydrogen) atoms. The zero-order valence-corrected chi connectivity index (χ0v) is 21.4. The summed E-state index contributed by atoms with van der Waals surface area (Å²) in [7, 11) is 0. The maximum Gasteiger partial charge on any atom is 0.161 e. The zero-order chi connectivity index (χ0) is 27.1. The number of fused-ring (bicyclic) bond motifs is 2. The minimum Gasteiger partial charge on any atom is -0.487 e. The number of pyridine rings is 3. The van der Waals surface area contributed by atoms with Crippen LogP contribution in [0.15, 0.2) is 91.4 Å². The van der Waals surface area contributed by atoms with E-state index in [1.54, 1.807) is 18.6 Å². The van der Waals surface area contributed by atoms with E-state index < -0.39 is 0 Å². The third-order valence-corrected chi connectivity index (χ3v) is 6.61. The van der Waals surface area contributed by atoms with Crippen LogP contribution < -0.4 is 4.74 Å². The van der Waals surface area contributed by atoms with Crippen molar-refractivity contribution in [3.8, 4) is 39.8 Å². The molecule has 194 valence electrons. The number of nitrogens with zero attached hydrogens (tertiary/aromatic N) is 5. The number of benzene rings is 2. The molecule has 0 amide bonds. The molecule has 0 bridgehead atoms. The number of rotatable bonds is 6. The molecule has 2 aromatic carbocycles. The van der Waals surface area contributed by atoms with E-state index in [0.717, 1.165) is 33.4 Å². The second-order valence-corrected chi connectivity index (χ2v) is 9.51. The molecule has 0 aliphatic carbocycles. The van der Waals surface area contributed by atoms with Gasteiger partial charge >= 0.3 is 0 Å². The normalized spacial score (nSPS) is 11.3. The molecule has 7 aromatic rings. The fourth-order valence-corrected chi connectivity index (χ4v) is 4.74. The Balaban J connectivity index is 1.25. The molecule has 8 nitrogen and oxygen atoms in total. The Morgan fingerprint density at radius 1 is 0.825 bits per heavy atom. The van der Waals surface area contributed by atoms with Crippen LogP contribution in [-0.4, -0.2) is 35.1 Å². The van der Waals surface area contributed by atoms with Gasteiger partial charge in [0.1, 0.15) is 29.2 Å². The van der Waals surface area contributed by atoms with E-state index in [-0.39, 0.29) is 5.82 Å². The van der Waals surface area contributed by atoms with E-state index in [4.69, 9.17) is 14.7 Å². The molecule has 0 saturated heterocycles. The van der Waals surface area contributed by atoms with Gasteiger partial charge < -0.3 is 9.72 Å². The van der Waals surface area contributed by atoms with Crippen LogP contribution in [0.5, 0.6) is 5.75 Å². The van der Waals surface area contributed by atoms with Gasteiger partial charge in [-0.25, -0.2) is 14.4 Å². The topological polar surface area (TPSA) is 105 Å². The number of hydrogen-bond donors (Lipinski definition) is 2. The summed E-state index contributed by atoms with van der Waals surface area (Å²) in [6.45, 7) is 2.30. The van der Waals surface area contributed by atoms with Gasteiger partial charge in [-0.2, -0.15) is 5.10 Å². The summed E-state index contributed by atoms with van der Waals surface area (Å²) in [6.07, 6.45) is 5.12. The van der Waals surface area contributed by atoms with Crippen LogP contribution >= 0.6 is 0 Å². The molecule has 9 heteroatoms. The van der Waals surface area contributed by atoms with Crippen LogP contribution in [0.3, 0.4) is 0 Å². The van der Waals surface area contributed by atoms with Gasteiger partial charge in [0.25, 0.3) is 0 Å². The van der Waals surface area contributed by atoms with E-state index in [0.29, 0.717) is 46.2 Å². The molecule has 0 radical (unpaired) electrons. The lowest BCUT2D eigenvalue weighted by molar-refractivity contribution is 0.305. The Hall–Kier alpha value is -5.44. The molecule has 0 saturated carbocycles. The molecule has 0 aliphatic rings. The predicted molar refractivity (Wildman–Crippen MR) is 151 cm³/mol. The van der Waals surface area contributed by atoms with Crippen molar-refractivity contribution in [2.24, 2.45) is 0 Å². The highest BCUT2D eigenvalue weighted by Gasteiger charge is 2.18. The Bertz CT molecular complexity index is 1980. The van der Waals surface area contributed by atoms with E-state index in [2.05, 4.69) is 25.1 Å². The molecular formula is C31H22FN7O. The lowest BCUT2D eigenvalue weighted by atomic mass is 10.1. The smallest absolute Gasteiger partial charge is 0.161 e. The molecule has 0 spiro atoms. The lowest BCUT2D eigenvalue weighted by Gasteiger charge is -2.08. The summed E-state index contributed by atoms with van der Waals surface area (Å²) >= 11 is 0. The maximum absolute atomic E-state index is 14.1. The van der Waals surface area contributed by atoms with E-state index in [1.807, 2.05) is 67.6 Å². The number of ether oxygens (including phenoxy) is 1. The highest BCUT2D eigenvalue weighted by Crippen LogP contribution is 2.31. The van der Waals surface area contributed by atoms with E-state index in [9.17, 15) is 4.39 Å². The van der Waals surface area contributed by atoms with Gasteiger partial charge in [-0.15, -0.1) is 0 Å². The number of hydrogen-bond acceptors (Lipinski definition) is 6. The first-order valence-electron chi connectivity index (χ1n) is 12.7. The fourth-order valence-electron chi connectivity index (χ4n) is 4.74. The number of halogens is 1. The first-order chi connectivity index (χ1) is 19.6. The lowest BCUT2D eigenvalue weighted by Crippen LogP contribution is -1.96. The van der Waals surface area contributed by atoms with Gasteiger partial charge in [0.05, 0.1) is 28.6 Å². The molecule has 0 fully saturated rings. The average molecular weight is 528 g/mol. The Morgan fingerprint density at radius 3 is 2.58 bits per heavy atom. The van der Waals surface area contributed by atoms with Gasteiger partial charge in [0, 0.05) is 23.5 Å². The van der Waals surface area contributed by atoms with Gasteiger partial charge in [-0.05, 0) is 60.5 Å². The van der Waals surface area contributed by atoms with Crippen LogP contribution in [-0.2, 0) is 6.61 Å². The third kappa shape index (κ3) is 4.43. The van der Waals surface area contributed by atoms with Crippen LogP contribution in [0.1, 0.15) is 11.1 Å². The summed E-state index contributed by atoms with van der Waals surface area (Å²) < 4.78 is 20.1. The third-order valence-electron chi connectivity index (χ3n) is 6.61. The molecule has 0 unspecified atom stereocenters. The minimum absolute atomic E-state index is 0.316. The van der Waals surface area contributed by atoms with Gasteiger partial charge in [-0.1, -0.05) is 30.3 Å². The van der Waals surface area contributed by atoms with E-state index >= 15 is 0 Å². The Labute approximate surface area is 228 Å². The first-order valence-corrected chi connectivity index (χ1v) is 12.7. The molecule has 0 atom stereocenters. The van der Waals surface area contributed by atoms with Crippen LogP contribution in [0.4, 0.5) is 4.39 Å². The largest absolute Gasteiger partial charge is 0.487 e. The first kappa shape index (κ1) is 23.7. The van der Waals surface area contributed by atoms with E-state index in [1.165, 1.54) is 12.1 Å². The van der Waals surface area contributed by atoms with Crippen molar-refractivity contribution in [2.45, 2.75) is 13.5 Å². The molecule has 0 aliphatic heterocycles. The Kier molecular flexibility index (Phi) is 5.74. The molecule has 5 heterocycles. The maximum atomic E-state index is 14.1. The number of aryl methyl sites for hydroxylation is 1. The summed E-state index contributed by atoms with van der Waals surface area (Å²) in [5.41, 5.74) is 8.06. The highest BCUT2D eigenvalue weighted by atomic mass is 19.1. The van der Waals surface area contributed by atoms with Crippen molar-refractivity contribution >= 4 is 22.1 Å². The molecular weight excluding hydrogens is 505 g/mol. The quantitative estimate of drug-likeness (QED) is 0.251. The second-order valence-electron chi connectivity index (χ2n) is 9.51. The number of H-pyrrole nitrogens is 2. The van der Waals surface area contributed by atoms with Gasteiger partial charge in [0.2, 0.25) is 0 Å². The summed E-state index contributed by atoms with van der Waals surface area (Å²) in [6, 6.07) is 22.4. The molecule has 5 aromatic heterocycles. The van der Waals surface area contributed by atoms with Gasteiger partial charge in [-0.3, -0.25) is 15.1 Å². The number of nitrogens with one attached hydrogen (secondary N) is 2. The van der Waals surface area contributed by atoms with Crippen molar-refractivity contribution in [1.29, 1.82) is 0 Å². The summed E-state index contributed by atoms with van der Waals surface area (Å²) in [5, 5.41) is 7.55. The van der Waals surface area contributed by atoms with Gasteiger partial charge in [0.15, 0.2) is 11.5 Å². The molecule has 7 rings (SSSR count). The van der Waals surface area contributed by atoms with Crippen molar-refractivity contribution in [1.82, 2.24) is 35.1 Å². The molecule has 2 N–H and O–H groups in total. The monoisotopic (exact) mass is 527 g/mol. The van der Waals surface area contributed by atoms with Crippen molar-refractivity contribution in [3.63, 3.8) is 0 Å². The van der Waals surface area contributed by atoms with Crippen molar-refractivity contribution < 1.29 is 9.13 Å². The predicted octanol–water partition coefficient (Wildman–Crippen LogP) is 6.65. The van der Waals surface area contributed by atoms with Crippen LogP contribution in [0.2, 0.25) is 0 Å².